The number of hydrogen-bond acceptors (Lipinski definition) is 4. The van der Waals surface area contributed by atoms with Crippen molar-refractivity contribution in [1.29, 1.82) is 0 Å². The van der Waals surface area contributed by atoms with Crippen LogP contribution in [-0.4, -0.2) is 38.6 Å². The van der Waals surface area contributed by atoms with E-state index in [-0.39, 0.29) is 23.8 Å². The molecule has 2 aromatic rings. The van der Waals surface area contributed by atoms with Crippen LogP contribution in [0.15, 0.2) is 48.5 Å². The van der Waals surface area contributed by atoms with Crippen LogP contribution in [0.4, 0.5) is 5.69 Å². The Morgan fingerprint density at radius 2 is 1.62 bits per heavy atom. The van der Waals surface area contributed by atoms with Gasteiger partial charge in [0.1, 0.15) is 24.7 Å². The Bertz CT molecular complexity index is 826. The van der Waals surface area contributed by atoms with Crippen LogP contribution in [0.5, 0.6) is 11.5 Å². The predicted octanol–water partition coefficient (Wildman–Crippen LogP) is 3.54. The second kappa shape index (κ2) is 9.96. The maximum absolute atomic E-state index is 12.4. The molecular weight excluding hydrogens is 368 g/mol. The summed E-state index contributed by atoms with van der Waals surface area (Å²) in [5.74, 6) is 1.05. The highest BCUT2D eigenvalue weighted by molar-refractivity contribution is 5.98. The average molecular weight is 399 g/mol. The first-order valence-electron chi connectivity index (χ1n) is 9.63. The van der Waals surface area contributed by atoms with Gasteiger partial charge in [-0.25, -0.2) is 0 Å². The number of carbonyl (C=O) groups is 2. The minimum Gasteiger partial charge on any atom is -0.497 e. The Morgan fingerprint density at radius 1 is 1.00 bits per heavy atom. The second-order valence-electron chi connectivity index (χ2n) is 7.75. The molecule has 0 aromatic heterocycles. The van der Waals surface area contributed by atoms with E-state index in [1.54, 1.807) is 7.11 Å². The van der Waals surface area contributed by atoms with Gasteiger partial charge < -0.3 is 19.7 Å². The normalized spacial score (nSPS) is 10.9. The number of carbonyl (C=O) groups excluding carboxylic acids is 2. The zero-order chi connectivity index (χ0) is 21.4. The summed E-state index contributed by atoms with van der Waals surface area (Å²) in [6.45, 7) is 8.36. The molecule has 0 heterocycles. The SMILES string of the molecule is COc1ccc(OCCNC(=O)CN(C(C)=O)c2ccccc2C(C)(C)C)cc1. The molecule has 0 saturated heterocycles. The lowest BCUT2D eigenvalue weighted by molar-refractivity contribution is -0.123. The summed E-state index contributed by atoms with van der Waals surface area (Å²) in [5.41, 5.74) is 1.63. The van der Waals surface area contributed by atoms with E-state index in [4.69, 9.17) is 9.47 Å². The first-order chi connectivity index (χ1) is 13.7. The van der Waals surface area contributed by atoms with E-state index < -0.39 is 0 Å². The molecule has 2 amide bonds. The molecule has 0 saturated carbocycles. The molecule has 0 fully saturated rings. The molecule has 2 rings (SSSR count). The smallest absolute Gasteiger partial charge is 0.240 e. The average Bonchev–Trinajstić information content (AvgIpc) is 2.69. The zero-order valence-electron chi connectivity index (χ0n) is 17.8. The molecule has 0 aliphatic heterocycles. The number of para-hydroxylation sites is 1. The molecule has 0 aliphatic carbocycles. The van der Waals surface area contributed by atoms with Gasteiger partial charge in [0.05, 0.1) is 13.7 Å². The quantitative estimate of drug-likeness (QED) is 0.691. The molecule has 29 heavy (non-hydrogen) atoms. The van der Waals surface area contributed by atoms with Crippen molar-refractivity contribution in [1.82, 2.24) is 5.32 Å². The summed E-state index contributed by atoms with van der Waals surface area (Å²) in [5, 5.41) is 2.81. The highest BCUT2D eigenvalue weighted by Gasteiger charge is 2.24. The number of anilines is 1. The Kier molecular flexibility index (Phi) is 7.65. The lowest BCUT2D eigenvalue weighted by Gasteiger charge is -2.29. The van der Waals surface area contributed by atoms with Gasteiger partial charge in [-0.15, -0.1) is 0 Å². The van der Waals surface area contributed by atoms with Gasteiger partial charge in [0.15, 0.2) is 0 Å². The lowest BCUT2D eigenvalue weighted by atomic mass is 9.85. The summed E-state index contributed by atoms with van der Waals surface area (Å²) in [6, 6.07) is 14.9. The monoisotopic (exact) mass is 398 g/mol. The number of hydrogen-bond donors (Lipinski definition) is 1. The van der Waals surface area contributed by atoms with Crippen LogP contribution < -0.4 is 19.7 Å². The third-order valence-electron chi connectivity index (χ3n) is 4.44. The van der Waals surface area contributed by atoms with Crippen LogP contribution in [0, 0.1) is 0 Å². The van der Waals surface area contributed by atoms with Gasteiger partial charge in [0.25, 0.3) is 0 Å². The van der Waals surface area contributed by atoms with Gasteiger partial charge in [0.2, 0.25) is 11.8 Å². The fourth-order valence-electron chi connectivity index (χ4n) is 2.94. The van der Waals surface area contributed by atoms with Crippen LogP contribution in [-0.2, 0) is 15.0 Å². The van der Waals surface area contributed by atoms with E-state index in [0.717, 1.165) is 17.0 Å². The molecule has 0 spiro atoms. The maximum Gasteiger partial charge on any atom is 0.240 e. The molecule has 0 bridgehead atoms. The standard InChI is InChI=1S/C23H30N2O4/c1-17(26)25(21-9-7-6-8-20(21)23(2,3)4)16-22(27)24-14-15-29-19-12-10-18(28-5)11-13-19/h6-13H,14-16H2,1-5H3,(H,24,27). The largest absolute Gasteiger partial charge is 0.497 e. The van der Waals surface area contributed by atoms with E-state index in [9.17, 15) is 9.59 Å². The lowest BCUT2D eigenvalue weighted by Crippen LogP contribution is -2.41. The van der Waals surface area contributed by atoms with Crippen molar-refractivity contribution in [2.75, 3.05) is 31.7 Å². The van der Waals surface area contributed by atoms with Crippen LogP contribution >= 0.6 is 0 Å². The van der Waals surface area contributed by atoms with E-state index in [1.165, 1.54) is 11.8 Å². The number of methoxy groups -OCH3 is 1. The Balaban J connectivity index is 1.92. The maximum atomic E-state index is 12.4. The van der Waals surface area contributed by atoms with Gasteiger partial charge in [0, 0.05) is 12.6 Å². The van der Waals surface area contributed by atoms with Crippen molar-refractivity contribution < 1.29 is 19.1 Å². The third-order valence-corrected chi connectivity index (χ3v) is 4.44. The molecule has 0 radical (unpaired) electrons. The fourth-order valence-corrected chi connectivity index (χ4v) is 2.94. The van der Waals surface area contributed by atoms with E-state index in [2.05, 4.69) is 26.1 Å². The van der Waals surface area contributed by atoms with Crippen LogP contribution in [0.25, 0.3) is 0 Å². The number of amides is 2. The number of rotatable bonds is 8. The number of nitrogens with one attached hydrogen (secondary N) is 1. The highest BCUT2D eigenvalue weighted by Crippen LogP contribution is 2.31. The minimum atomic E-state index is -0.234. The molecule has 0 atom stereocenters. The number of nitrogens with zero attached hydrogens (tertiary/aromatic N) is 1. The molecule has 0 aliphatic rings. The summed E-state index contributed by atoms with van der Waals surface area (Å²) in [6.07, 6.45) is 0. The van der Waals surface area contributed by atoms with Crippen LogP contribution in [0.3, 0.4) is 0 Å². The molecule has 6 heteroatoms. The minimum absolute atomic E-state index is 0.0367. The number of ether oxygens (including phenoxy) is 2. The fraction of sp³-hybridized carbons (Fsp3) is 0.391. The Labute approximate surface area is 172 Å². The van der Waals surface area contributed by atoms with Crippen molar-refractivity contribution in [2.24, 2.45) is 0 Å². The zero-order valence-corrected chi connectivity index (χ0v) is 17.8. The molecular formula is C23H30N2O4. The van der Waals surface area contributed by atoms with E-state index >= 15 is 0 Å². The molecule has 156 valence electrons. The topological polar surface area (TPSA) is 67.9 Å². The second-order valence-corrected chi connectivity index (χ2v) is 7.75. The van der Waals surface area contributed by atoms with Gasteiger partial charge in [-0.3, -0.25) is 9.59 Å². The van der Waals surface area contributed by atoms with Gasteiger partial charge in [-0.05, 0) is 41.3 Å². The van der Waals surface area contributed by atoms with E-state index in [0.29, 0.717) is 18.9 Å². The first kappa shape index (κ1) is 22.3. The molecule has 2 aromatic carbocycles. The van der Waals surface area contributed by atoms with Gasteiger partial charge in [-0.1, -0.05) is 39.0 Å². The van der Waals surface area contributed by atoms with Crippen molar-refractivity contribution in [2.45, 2.75) is 33.1 Å². The summed E-state index contributed by atoms with van der Waals surface area (Å²) in [7, 11) is 1.61. The van der Waals surface area contributed by atoms with Gasteiger partial charge in [-0.2, -0.15) is 0 Å². The summed E-state index contributed by atoms with van der Waals surface area (Å²) >= 11 is 0. The third kappa shape index (κ3) is 6.52. The van der Waals surface area contributed by atoms with E-state index in [1.807, 2.05) is 48.5 Å². The summed E-state index contributed by atoms with van der Waals surface area (Å²) in [4.78, 5) is 26.2. The van der Waals surface area contributed by atoms with Crippen molar-refractivity contribution >= 4 is 17.5 Å². The predicted molar refractivity (Wildman–Crippen MR) is 115 cm³/mol. The van der Waals surface area contributed by atoms with Crippen LogP contribution in [0.2, 0.25) is 0 Å². The number of benzene rings is 2. The summed E-state index contributed by atoms with van der Waals surface area (Å²) < 4.78 is 10.7. The molecule has 0 unspecified atom stereocenters. The van der Waals surface area contributed by atoms with Crippen molar-refractivity contribution in [3.05, 3.63) is 54.1 Å². The van der Waals surface area contributed by atoms with Crippen molar-refractivity contribution in [3.8, 4) is 11.5 Å². The van der Waals surface area contributed by atoms with Crippen molar-refractivity contribution in [3.63, 3.8) is 0 Å². The Morgan fingerprint density at radius 3 is 2.21 bits per heavy atom. The molecule has 1 N–H and O–H groups in total. The van der Waals surface area contributed by atoms with Gasteiger partial charge >= 0.3 is 0 Å². The Hall–Kier alpha value is -3.02. The first-order valence-corrected chi connectivity index (χ1v) is 9.63. The highest BCUT2D eigenvalue weighted by atomic mass is 16.5. The molecule has 6 nitrogen and oxygen atoms in total. The van der Waals surface area contributed by atoms with Crippen LogP contribution in [0.1, 0.15) is 33.3 Å².